The van der Waals surface area contributed by atoms with Crippen molar-refractivity contribution in [2.45, 2.75) is 50.6 Å². The van der Waals surface area contributed by atoms with E-state index in [-0.39, 0.29) is 11.8 Å². The van der Waals surface area contributed by atoms with Crippen molar-refractivity contribution in [3.05, 3.63) is 35.4 Å². The molecule has 0 bridgehead atoms. The van der Waals surface area contributed by atoms with Crippen LogP contribution < -0.4 is 5.32 Å². The van der Waals surface area contributed by atoms with Gasteiger partial charge in [0.15, 0.2) is 0 Å². The summed E-state index contributed by atoms with van der Waals surface area (Å²) >= 11 is 0. The van der Waals surface area contributed by atoms with E-state index in [1.165, 1.54) is 43.4 Å². The van der Waals surface area contributed by atoms with Gasteiger partial charge < -0.3 is 10.1 Å². The predicted molar refractivity (Wildman–Crippen MR) is 101 cm³/mol. The molecule has 0 radical (unpaired) electrons. The fraction of sp³-hybridized carbons (Fsp3) is 0.682. The molecular formula is C22H30N2O2. The minimum Gasteiger partial charge on any atom is -0.381 e. The van der Waals surface area contributed by atoms with Crippen LogP contribution in [0.5, 0.6) is 0 Å². The molecule has 1 saturated carbocycles. The summed E-state index contributed by atoms with van der Waals surface area (Å²) in [5.41, 5.74) is 3.05. The normalized spacial score (nSPS) is 30.5. The largest absolute Gasteiger partial charge is 0.381 e. The molecule has 3 fully saturated rings. The van der Waals surface area contributed by atoms with Gasteiger partial charge in [-0.15, -0.1) is 0 Å². The van der Waals surface area contributed by atoms with Crippen LogP contribution in [-0.2, 0) is 22.4 Å². The topological polar surface area (TPSA) is 41.6 Å². The minimum atomic E-state index is 0.161. The van der Waals surface area contributed by atoms with Crippen molar-refractivity contribution in [3.8, 4) is 0 Å². The van der Waals surface area contributed by atoms with E-state index in [4.69, 9.17) is 4.74 Å². The highest BCUT2D eigenvalue weighted by molar-refractivity contribution is 5.79. The Morgan fingerprint density at radius 3 is 2.35 bits per heavy atom. The molecule has 0 spiro atoms. The van der Waals surface area contributed by atoms with Crippen LogP contribution in [0.4, 0.5) is 0 Å². The SMILES string of the molecule is O=C(N[C@@H]1CN(C2Cc3ccccc3C2)C[C@H]1C1CC1)C1CCOCC1. The number of nitrogens with zero attached hydrogens (tertiary/aromatic N) is 1. The predicted octanol–water partition coefficient (Wildman–Crippen LogP) is 2.41. The second kappa shape index (κ2) is 6.97. The number of nitrogens with one attached hydrogen (secondary N) is 1. The van der Waals surface area contributed by atoms with Gasteiger partial charge in [0.1, 0.15) is 0 Å². The zero-order valence-electron chi connectivity index (χ0n) is 15.5. The number of benzene rings is 1. The highest BCUT2D eigenvalue weighted by atomic mass is 16.5. The Morgan fingerprint density at radius 1 is 1.00 bits per heavy atom. The standard InChI is InChI=1S/C22H30N2O2/c25-22(16-7-9-26-10-8-16)23-21-14-24(13-20(21)15-5-6-15)19-11-17-3-1-2-4-18(17)12-19/h1-4,15-16,19-21H,5-14H2,(H,23,25)/t20-,21+/m0/s1. The molecule has 5 rings (SSSR count). The van der Waals surface area contributed by atoms with Crippen molar-refractivity contribution in [2.75, 3.05) is 26.3 Å². The smallest absolute Gasteiger partial charge is 0.223 e. The van der Waals surface area contributed by atoms with Crippen LogP contribution in [0, 0.1) is 17.8 Å². The molecule has 4 heteroatoms. The van der Waals surface area contributed by atoms with E-state index in [9.17, 15) is 4.79 Å². The molecule has 2 atom stereocenters. The monoisotopic (exact) mass is 354 g/mol. The summed E-state index contributed by atoms with van der Waals surface area (Å²) in [5, 5.41) is 3.46. The van der Waals surface area contributed by atoms with Crippen LogP contribution in [0.2, 0.25) is 0 Å². The van der Waals surface area contributed by atoms with Crippen LogP contribution >= 0.6 is 0 Å². The average Bonchev–Trinajstić information content (AvgIpc) is 3.28. The molecule has 1 aromatic rings. The van der Waals surface area contributed by atoms with E-state index in [2.05, 4.69) is 34.5 Å². The Morgan fingerprint density at radius 2 is 1.69 bits per heavy atom. The van der Waals surface area contributed by atoms with E-state index in [0.717, 1.165) is 38.5 Å². The van der Waals surface area contributed by atoms with E-state index < -0.39 is 0 Å². The molecule has 26 heavy (non-hydrogen) atoms. The van der Waals surface area contributed by atoms with Gasteiger partial charge >= 0.3 is 0 Å². The lowest BCUT2D eigenvalue weighted by Gasteiger charge is -2.26. The van der Waals surface area contributed by atoms with Crippen LogP contribution in [-0.4, -0.2) is 49.2 Å². The maximum absolute atomic E-state index is 12.8. The lowest BCUT2D eigenvalue weighted by atomic mass is 9.95. The molecule has 2 aliphatic carbocycles. The number of hydrogen-bond donors (Lipinski definition) is 1. The Balaban J connectivity index is 1.24. The maximum Gasteiger partial charge on any atom is 0.223 e. The van der Waals surface area contributed by atoms with E-state index in [1.54, 1.807) is 0 Å². The quantitative estimate of drug-likeness (QED) is 0.903. The molecule has 1 N–H and O–H groups in total. The molecule has 1 aromatic carbocycles. The summed E-state index contributed by atoms with van der Waals surface area (Å²) in [6.45, 7) is 3.68. The van der Waals surface area contributed by atoms with Crippen molar-refractivity contribution in [1.82, 2.24) is 10.2 Å². The van der Waals surface area contributed by atoms with Crippen molar-refractivity contribution in [2.24, 2.45) is 17.8 Å². The van der Waals surface area contributed by atoms with Gasteiger partial charge in [-0.3, -0.25) is 9.69 Å². The van der Waals surface area contributed by atoms with Crippen LogP contribution in [0.1, 0.15) is 36.8 Å². The van der Waals surface area contributed by atoms with E-state index in [0.29, 0.717) is 18.0 Å². The zero-order valence-corrected chi connectivity index (χ0v) is 15.5. The molecular weight excluding hydrogens is 324 g/mol. The zero-order chi connectivity index (χ0) is 17.5. The number of ether oxygens (including phenoxy) is 1. The number of carbonyl (C=O) groups is 1. The lowest BCUT2D eigenvalue weighted by molar-refractivity contribution is -0.128. The van der Waals surface area contributed by atoms with Crippen molar-refractivity contribution < 1.29 is 9.53 Å². The van der Waals surface area contributed by atoms with Crippen LogP contribution in [0.15, 0.2) is 24.3 Å². The Bertz CT molecular complexity index is 641. The van der Waals surface area contributed by atoms with Gasteiger partial charge in [-0.1, -0.05) is 24.3 Å². The highest BCUT2D eigenvalue weighted by Gasteiger charge is 2.45. The number of hydrogen-bond acceptors (Lipinski definition) is 3. The number of likely N-dealkylation sites (tertiary alicyclic amines) is 1. The average molecular weight is 354 g/mol. The first-order valence-corrected chi connectivity index (χ1v) is 10.5. The molecule has 2 aliphatic heterocycles. The number of carbonyl (C=O) groups excluding carboxylic acids is 1. The molecule has 2 heterocycles. The molecule has 2 saturated heterocycles. The third-order valence-electron chi connectivity index (χ3n) is 7.09. The Kier molecular flexibility index (Phi) is 4.49. The van der Waals surface area contributed by atoms with Gasteiger partial charge in [0, 0.05) is 44.3 Å². The summed E-state index contributed by atoms with van der Waals surface area (Å²) in [5.74, 6) is 1.93. The van der Waals surface area contributed by atoms with Gasteiger partial charge in [0.05, 0.1) is 0 Å². The van der Waals surface area contributed by atoms with E-state index in [1.807, 2.05) is 0 Å². The molecule has 140 valence electrons. The summed E-state index contributed by atoms with van der Waals surface area (Å²) in [6, 6.07) is 9.87. The van der Waals surface area contributed by atoms with E-state index >= 15 is 0 Å². The Labute approximate surface area is 156 Å². The molecule has 4 nitrogen and oxygen atoms in total. The maximum atomic E-state index is 12.8. The Hall–Kier alpha value is -1.39. The van der Waals surface area contributed by atoms with Crippen LogP contribution in [0.3, 0.4) is 0 Å². The van der Waals surface area contributed by atoms with Gasteiger partial charge in [-0.25, -0.2) is 0 Å². The number of fused-ring (bicyclic) bond motifs is 1. The van der Waals surface area contributed by atoms with Gasteiger partial charge in [-0.05, 0) is 61.5 Å². The van der Waals surface area contributed by atoms with Crippen molar-refractivity contribution >= 4 is 5.91 Å². The first kappa shape index (κ1) is 16.8. The first-order chi connectivity index (χ1) is 12.8. The van der Waals surface area contributed by atoms with Crippen molar-refractivity contribution in [1.29, 1.82) is 0 Å². The molecule has 0 aromatic heterocycles. The van der Waals surface area contributed by atoms with Crippen LogP contribution in [0.25, 0.3) is 0 Å². The second-order valence-electron chi connectivity index (χ2n) is 8.79. The fourth-order valence-corrected chi connectivity index (χ4v) is 5.37. The number of rotatable bonds is 4. The van der Waals surface area contributed by atoms with Crippen molar-refractivity contribution in [3.63, 3.8) is 0 Å². The summed E-state index contributed by atoms with van der Waals surface area (Å²) in [4.78, 5) is 15.4. The van der Waals surface area contributed by atoms with Gasteiger partial charge in [-0.2, -0.15) is 0 Å². The number of amides is 1. The summed E-state index contributed by atoms with van der Waals surface area (Å²) < 4.78 is 5.42. The third-order valence-corrected chi connectivity index (χ3v) is 7.09. The molecule has 1 amide bonds. The third kappa shape index (κ3) is 3.29. The second-order valence-corrected chi connectivity index (χ2v) is 8.79. The molecule has 0 unspecified atom stereocenters. The summed E-state index contributed by atoms with van der Waals surface area (Å²) in [6.07, 6.45) is 6.82. The minimum absolute atomic E-state index is 0.161. The molecule has 4 aliphatic rings. The lowest BCUT2D eigenvalue weighted by Crippen LogP contribution is -2.45. The summed E-state index contributed by atoms with van der Waals surface area (Å²) in [7, 11) is 0. The first-order valence-electron chi connectivity index (χ1n) is 10.5. The van der Waals surface area contributed by atoms with Gasteiger partial charge in [0.25, 0.3) is 0 Å². The van der Waals surface area contributed by atoms with Gasteiger partial charge in [0.2, 0.25) is 5.91 Å². The highest BCUT2D eigenvalue weighted by Crippen LogP contribution is 2.43. The fourth-order valence-electron chi connectivity index (χ4n) is 5.37.